The average molecular weight is 366 g/mol. The third-order valence-electron chi connectivity index (χ3n) is 3.26. The molecule has 0 aliphatic carbocycles. The summed E-state index contributed by atoms with van der Waals surface area (Å²) in [5.74, 6) is -1.50. The predicted molar refractivity (Wildman–Crippen MR) is 89.0 cm³/mol. The number of likely N-dealkylation sites (N-methyl/N-ethyl adjacent to an activating group) is 1. The van der Waals surface area contributed by atoms with Gasteiger partial charge in [-0.25, -0.2) is 4.79 Å². The number of rotatable bonds is 6. The Labute approximate surface area is 148 Å². The molecule has 0 saturated heterocycles. The van der Waals surface area contributed by atoms with Crippen molar-refractivity contribution in [2.75, 3.05) is 20.2 Å². The highest BCUT2D eigenvalue weighted by Crippen LogP contribution is 2.31. The maximum atomic E-state index is 12.3. The van der Waals surface area contributed by atoms with Crippen molar-refractivity contribution >= 4 is 29.4 Å². The third kappa shape index (κ3) is 4.57. The Kier molecular flexibility index (Phi) is 6.13. The van der Waals surface area contributed by atoms with Gasteiger partial charge in [0.05, 0.1) is 11.6 Å². The van der Waals surface area contributed by atoms with Gasteiger partial charge in [-0.2, -0.15) is 0 Å². The molecule has 0 unspecified atom stereocenters. The highest BCUT2D eigenvalue weighted by atomic mass is 35.5. The number of hydrogen-bond acceptors (Lipinski definition) is 6. The number of hydrogen-bond donors (Lipinski definition) is 2. The lowest BCUT2D eigenvalue weighted by atomic mass is 10.1. The number of halogens is 1. The smallest absolute Gasteiger partial charge is 0.344 e. The largest absolute Gasteiger partial charge is 0.452 e. The van der Waals surface area contributed by atoms with Gasteiger partial charge in [0.15, 0.2) is 6.61 Å². The quantitative estimate of drug-likeness (QED) is 0.747. The second-order valence-electron chi connectivity index (χ2n) is 4.97. The zero-order chi connectivity index (χ0) is 18.4. The Morgan fingerprint density at radius 2 is 1.96 bits per heavy atom. The molecule has 0 spiro atoms. The fourth-order valence-corrected chi connectivity index (χ4v) is 2.20. The number of esters is 1. The molecule has 1 aromatic carbocycles. The Bertz CT molecular complexity index is 803. The zero-order valence-corrected chi connectivity index (χ0v) is 14.3. The maximum absolute atomic E-state index is 12.3. The van der Waals surface area contributed by atoms with E-state index in [2.05, 4.69) is 15.8 Å². The van der Waals surface area contributed by atoms with Crippen LogP contribution in [-0.2, 0) is 14.3 Å². The molecule has 2 aromatic rings. The number of amides is 2. The molecule has 1 heterocycles. The zero-order valence-electron chi connectivity index (χ0n) is 13.6. The summed E-state index contributed by atoms with van der Waals surface area (Å²) in [7, 11) is 1.44. The molecule has 25 heavy (non-hydrogen) atoms. The first-order valence-electron chi connectivity index (χ1n) is 7.29. The normalized spacial score (nSPS) is 10.2. The van der Waals surface area contributed by atoms with Gasteiger partial charge in [-0.15, -0.1) is 0 Å². The van der Waals surface area contributed by atoms with E-state index in [1.54, 1.807) is 31.2 Å². The molecular formula is C16H16ClN3O5. The Balaban J connectivity index is 2.08. The molecular weight excluding hydrogens is 350 g/mol. The standard InChI is InChI=1S/C16H16ClN3O5/c1-9-14(15(20-25-9)10-5-3-4-6-11(10)17)16(23)24-8-13(22)19-7-12(21)18-2/h3-6H,7-8H2,1-2H3,(H,18,21)(H,19,22). The van der Waals surface area contributed by atoms with Crippen molar-refractivity contribution in [1.82, 2.24) is 15.8 Å². The SMILES string of the molecule is CNC(=O)CNC(=O)COC(=O)c1c(-c2ccccc2Cl)noc1C. The number of aromatic nitrogens is 1. The number of nitrogens with zero attached hydrogens (tertiary/aromatic N) is 1. The lowest BCUT2D eigenvalue weighted by Crippen LogP contribution is -2.37. The van der Waals surface area contributed by atoms with Crippen LogP contribution >= 0.6 is 11.6 Å². The van der Waals surface area contributed by atoms with Crippen LogP contribution in [0.25, 0.3) is 11.3 Å². The molecule has 132 valence electrons. The molecule has 2 amide bonds. The van der Waals surface area contributed by atoms with E-state index in [9.17, 15) is 14.4 Å². The van der Waals surface area contributed by atoms with Crippen molar-refractivity contribution in [1.29, 1.82) is 0 Å². The van der Waals surface area contributed by atoms with Gasteiger partial charge in [-0.3, -0.25) is 9.59 Å². The van der Waals surface area contributed by atoms with Crippen molar-refractivity contribution in [3.05, 3.63) is 40.6 Å². The predicted octanol–water partition coefficient (Wildman–Crippen LogP) is 1.32. The van der Waals surface area contributed by atoms with Crippen LogP contribution in [0, 0.1) is 6.92 Å². The number of ether oxygens (including phenoxy) is 1. The van der Waals surface area contributed by atoms with E-state index < -0.39 is 18.5 Å². The second-order valence-corrected chi connectivity index (χ2v) is 5.38. The molecule has 1 aromatic heterocycles. The van der Waals surface area contributed by atoms with E-state index in [1.807, 2.05) is 0 Å². The van der Waals surface area contributed by atoms with Gasteiger partial charge in [-0.05, 0) is 13.0 Å². The van der Waals surface area contributed by atoms with Crippen LogP contribution in [-0.4, -0.2) is 43.1 Å². The highest BCUT2D eigenvalue weighted by Gasteiger charge is 2.24. The molecule has 8 nitrogen and oxygen atoms in total. The summed E-state index contributed by atoms with van der Waals surface area (Å²) in [6.07, 6.45) is 0. The van der Waals surface area contributed by atoms with Gasteiger partial charge in [0.2, 0.25) is 5.91 Å². The molecule has 0 aliphatic heterocycles. The van der Waals surface area contributed by atoms with Gasteiger partial charge in [0, 0.05) is 12.6 Å². The van der Waals surface area contributed by atoms with Gasteiger partial charge >= 0.3 is 5.97 Å². The highest BCUT2D eigenvalue weighted by molar-refractivity contribution is 6.33. The van der Waals surface area contributed by atoms with Crippen LogP contribution in [0.4, 0.5) is 0 Å². The first-order valence-corrected chi connectivity index (χ1v) is 7.67. The lowest BCUT2D eigenvalue weighted by Gasteiger charge is -2.07. The van der Waals surface area contributed by atoms with E-state index >= 15 is 0 Å². The van der Waals surface area contributed by atoms with Gasteiger partial charge in [0.25, 0.3) is 5.91 Å². The average Bonchev–Trinajstić information content (AvgIpc) is 2.99. The third-order valence-corrected chi connectivity index (χ3v) is 3.58. The summed E-state index contributed by atoms with van der Waals surface area (Å²) in [5.41, 5.74) is 0.836. The summed E-state index contributed by atoms with van der Waals surface area (Å²) in [5, 5.41) is 8.92. The fourth-order valence-electron chi connectivity index (χ4n) is 1.97. The van der Waals surface area contributed by atoms with E-state index in [1.165, 1.54) is 7.05 Å². The number of carbonyl (C=O) groups excluding carboxylic acids is 3. The van der Waals surface area contributed by atoms with Crippen LogP contribution in [0.1, 0.15) is 16.1 Å². The summed E-state index contributed by atoms with van der Waals surface area (Å²) in [6.45, 7) is 0.808. The first kappa shape index (κ1) is 18.5. The number of aryl methyl sites for hydroxylation is 1. The monoisotopic (exact) mass is 365 g/mol. The fraction of sp³-hybridized carbons (Fsp3) is 0.250. The molecule has 0 bridgehead atoms. The second kappa shape index (κ2) is 8.29. The van der Waals surface area contributed by atoms with Gasteiger partial charge < -0.3 is 19.9 Å². The van der Waals surface area contributed by atoms with Crippen molar-refractivity contribution < 1.29 is 23.6 Å². The minimum Gasteiger partial charge on any atom is -0.452 e. The van der Waals surface area contributed by atoms with E-state index in [0.29, 0.717) is 10.6 Å². The maximum Gasteiger partial charge on any atom is 0.344 e. The number of benzene rings is 1. The number of nitrogens with one attached hydrogen (secondary N) is 2. The van der Waals surface area contributed by atoms with Crippen LogP contribution in [0.15, 0.2) is 28.8 Å². The molecule has 0 saturated carbocycles. The molecule has 0 radical (unpaired) electrons. The van der Waals surface area contributed by atoms with Crippen LogP contribution in [0.5, 0.6) is 0 Å². The van der Waals surface area contributed by atoms with E-state index in [-0.39, 0.29) is 29.5 Å². The van der Waals surface area contributed by atoms with E-state index in [4.69, 9.17) is 20.9 Å². The van der Waals surface area contributed by atoms with Crippen LogP contribution in [0.3, 0.4) is 0 Å². The number of carbonyl (C=O) groups is 3. The topological polar surface area (TPSA) is 111 Å². The van der Waals surface area contributed by atoms with E-state index in [0.717, 1.165) is 0 Å². The summed E-state index contributed by atoms with van der Waals surface area (Å²) >= 11 is 6.12. The first-order chi connectivity index (χ1) is 11.9. The van der Waals surface area contributed by atoms with Crippen molar-refractivity contribution in [2.45, 2.75) is 6.92 Å². The lowest BCUT2D eigenvalue weighted by molar-refractivity contribution is -0.127. The van der Waals surface area contributed by atoms with Crippen molar-refractivity contribution in [2.24, 2.45) is 0 Å². The van der Waals surface area contributed by atoms with Crippen LogP contribution < -0.4 is 10.6 Å². The Hall–Kier alpha value is -2.87. The Morgan fingerprint density at radius 3 is 2.64 bits per heavy atom. The molecule has 2 rings (SSSR count). The van der Waals surface area contributed by atoms with Crippen molar-refractivity contribution in [3.8, 4) is 11.3 Å². The van der Waals surface area contributed by atoms with Crippen LogP contribution in [0.2, 0.25) is 5.02 Å². The molecule has 9 heteroatoms. The van der Waals surface area contributed by atoms with Crippen molar-refractivity contribution in [3.63, 3.8) is 0 Å². The minimum atomic E-state index is -0.774. The molecule has 0 atom stereocenters. The minimum absolute atomic E-state index is 0.0900. The van der Waals surface area contributed by atoms with Gasteiger partial charge in [0.1, 0.15) is 17.0 Å². The molecule has 0 fully saturated rings. The summed E-state index contributed by atoms with van der Waals surface area (Å²) in [4.78, 5) is 35.0. The summed E-state index contributed by atoms with van der Waals surface area (Å²) in [6, 6.07) is 6.83. The Morgan fingerprint density at radius 1 is 1.24 bits per heavy atom. The van der Waals surface area contributed by atoms with Gasteiger partial charge in [-0.1, -0.05) is 35.0 Å². The molecule has 0 aliphatic rings. The summed E-state index contributed by atoms with van der Waals surface area (Å²) < 4.78 is 10.0. The molecule has 2 N–H and O–H groups in total.